The molecule has 0 aliphatic carbocycles. The summed E-state index contributed by atoms with van der Waals surface area (Å²) in [7, 11) is 0. The van der Waals surface area contributed by atoms with E-state index in [1.807, 2.05) is 19.9 Å². The van der Waals surface area contributed by atoms with Crippen molar-refractivity contribution in [3.63, 3.8) is 0 Å². The van der Waals surface area contributed by atoms with Gasteiger partial charge in [-0.1, -0.05) is 32.9 Å². The molecule has 1 aromatic heterocycles. The number of aliphatic hydroxyl groups is 1. The van der Waals surface area contributed by atoms with Crippen LogP contribution in [0.15, 0.2) is 40.3 Å². The fraction of sp³-hybridized carbons (Fsp3) is 0.429. The molecule has 0 aliphatic heterocycles. The van der Waals surface area contributed by atoms with E-state index in [1.54, 1.807) is 11.8 Å². The van der Waals surface area contributed by atoms with Crippen LogP contribution < -0.4 is 0 Å². The second kappa shape index (κ2) is 8.94. The van der Waals surface area contributed by atoms with Crippen LogP contribution in [0, 0.1) is 25.2 Å². The van der Waals surface area contributed by atoms with E-state index < -0.39 is 6.10 Å². The third-order valence-electron chi connectivity index (χ3n) is 4.00. The Hall–Kier alpha value is -1.48. The van der Waals surface area contributed by atoms with Crippen molar-refractivity contribution in [1.82, 2.24) is 4.98 Å². The maximum absolute atomic E-state index is 10.3. The largest absolute Gasteiger partial charge is 0.391 e. The molecule has 2 aromatic rings. The van der Waals surface area contributed by atoms with E-state index in [-0.39, 0.29) is 5.41 Å². The second-order valence-corrected chi connectivity index (χ2v) is 9.52. The molecule has 0 unspecified atom stereocenters. The number of pyridine rings is 1. The Morgan fingerprint density at radius 3 is 2.31 bits per heavy atom. The van der Waals surface area contributed by atoms with Gasteiger partial charge in [-0.25, -0.2) is 4.98 Å². The van der Waals surface area contributed by atoms with E-state index in [1.165, 1.54) is 17.3 Å². The lowest BCUT2D eigenvalue weighted by molar-refractivity contribution is 0.225. The molecule has 0 fully saturated rings. The molecule has 1 heterocycles. The van der Waals surface area contributed by atoms with Gasteiger partial charge in [0.05, 0.1) is 11.7 Å². The molecule has 0 radical (unpaired) electrons. The van der Waals surface area contributed by atoms with Crippen LogP contribution in [0.3, 0.4) is 0 Å². The molecule has 0 amide bonds. The van der Waals surface area contributed by atoms with Crippen LogP contribution in [-0.2, 0) is 5.41 Å². The maximum atomic E-state index is 10.3. The van der Waals surface area contributed by atoms with Crippen LogP contribution in [0.5, 0.6) is 0 Å². The number of hydrogen-bond acceptors (Lipinski definition) is 5. The number of thioether (sulfide) groups is 2. The Morgan fingerprint density at radius 2 is 1.73 bits per heavy atom. The van der Waals surface area contributed by atoms with Gasteiger partial charge in [0, 0.05) is 22.1 Å². The minimum atomic E-state index is -0.457. The van der Waals surface area contributed by atoms with Crippen LogP contribution >= 0.6 is 23.5 Å². The fourth-order valence-electron chi connectivity index (χ4n) is 2.51. The summed E-state index contributed by atoms with van der Waals surface area (Å²) in [5.41, 5.74) is 3.90. The first-order valence-electron chi connectivity index (χ1n) is 8.63. The average Bonchev–Trinajstić information content (AvgIpc) is 2.57. The number of rotatable bonds is 6. The summed E-state index contributed by atoms with van der Waals surface area (Å²) < 4.78 is 0. The Bertz CT molecular complexity index is 789. The minimum absolute atomic E-state index is 0.150. The van der Waals surface area contributed by atoms with Crippen molar-refractivity contribution in [2.24, 2.45) is 0 Å². The summed E-state index contributed by atoms with van der Waals surface area (Å²) in [6, 6.07) is 12.7. The van der Waals surface area contributed by atoms with Crippen molar-refractivity contribution in [1.29, 1.82) is 5.26 Å². The van der Waals surface area contributed by atoms with Crippen LogP contribution in [0.2, 0.25) is 0 Å². The molecule has 5 heteroatoms. The third kappa shape index (κ3) is 5.77. The molecule has 0 saturated carbocycles. The van der Waals surface area contributed by atoms with Gasteiger partial charge < -0.3 is 5.11 Å². The molecular formula is C21H26N2OS2. The zero-order chi connectivity index (χ0) is 19.3. The summed E-state index contributed by atoms with van der Waals surface area (Å²) >= 11 is 3.10. The lowest BCUT2D eigenvalue weighted by atomic mass is 9.87. The monoisotopic (exact) mass is 386 g/mol. The van der Waals surface area contributed by atoms with Crippen LogP contribution in [0.25, 0.3) is 0 Å². The lowest BCUT2D eigenvalue weighted by Gasteiger charge is -2.19. The van der Waals surface area contributed by atoms with E-state index in [0.717, 1.165) is 16.2 Å². The van der Waals surface area contributed by atoms with E-state index in [4.69, 9.17) is 0 Å². The first-order chi connectivity index (χ1) is 12.2. The highest BCUT2D eigenvalue weighted by molar-refractivity contribution is 8.00. The number of aromatic nitrogens is 1. The zero-order valence-corrected chi connectivity index (χ0v) is 17.7. The third-order valence-corrected chi connectivity index (χ3v) is 6.28. The highest BCUT2D eigenvalue weighted by Gasteiger charge is 2.14. The van der Waals surface area contributed by atoms with E-state index in [2.05, 4.69) is 56.1 Å². The maximum Gasteiger partial charge on any atom is 0.114 e. The van der Waals surface area contributed by atoms with Gasteiger partial charge in [-0.2, -0.15) is 5.26 Å². The predicted octanol–water partition coefficient (Wildman–Crippen LogP) is 5.11. The molecule has 1 N–H and O–H groups in total. The number of nitrogens with zero attached hydrogens (tertiary/aromatic N) is 2. The van der Waals surface area contributed by atoms with Gasteiger partial charge in [0.1, 0.15) is 11.1 Å². The Balaban J connectivity index is 1.90. The van der Waals surface area contributed by atoms with Gasteiger partial charge in [0.25, 0.3) is 0 Å². The van der Waals surface area contributed by atoms with Crippen LogP contribution in [-0.4, -0.2) is 27.7 Å². The van der Waals surface area contributed by atoms with E-state index in [0.29, 0.717) is 22.1 Å². The minimum Gasteiger partial charge on any atom is -0.391 e. The molecular weight excluding hydrogens is 360 g/mol. The summed E-state index contributed by atoms with van der Waals surface area (Å²) in [6.07, 6.45) is -0.457. The zero-order valence-electron chi connectivity index (χ0n) is 16.0. The number of nitriles is 1. The molecule has 3 nitrogen and oxygen atoms in total. The quantitative estimate of drug-likeness (QED) is 0.699. The van der Waals surface area contributed by atoms with Gasteiger partial charge in [0.15, 0.2) is 0 Å². The topological polar surface area (TPSA) is 56.9 Å². The average molecular weight is 387 g/mol. The first-order valence-corrected chi connectivity index (χ1v) is 10.6. The molecule has 1 atom stereocenters. The van der Waals surface area contributed by atoms with Crippen molar-refractivity contribution in [2.75, 3.05) is 11.5 Å². The highest BCUT2D eigenvalue weighted by Crippen LogP contribution is 2.28. The van der Waals surface area contributed by atoms with Crippen LogP contribution in [0.1, 0.15) is 43.2 Å². The van der Waals surface area contributed by atoms with Gasteiger partial charge in [-0.3, -0.25) is 0 Å². The van der Waals surface area contributed by atoms with E-state index in [9.17, 15) is 10.4 Å². The van der Waals surface area contributed by atoms with Crippen molar-refractivity contribution in [3.05, 3.63) is 52.7 Å². The highest BCUT2D eigenvalue weighted by atomic mass is 32.2. The fourth-order valence-corrected chi connectivity index (χ4v) is 4.52. The predicted molar refractivity (Wildman–Crippen MR) is 111 cm³/mol. The second-order valence-electron chi connectivity index (χ2n) is 7.42. The normalized spacial score (nSPS) is 12.7. The van der Waals surface area contributed by atoms with Crippen molar-refractivity contribution >= 4 is 23.5 Å². The first kappa shape index (κ1) is 20.8. The Morgan fingerprint density at radius 1 is 1.12 bits per heavy atom. The number of aliphatic hydroxyl groups excluding tert-OH is 1. The molecule has 0 aliphatic rings. The number of benzene rings is 1. The van der Waals surface area contributed by atoms with E-state index >= 15 is 0 Å². The van der Waals surface area contributed by atoms with Crippen LogP contribution in [0.4, 0.5) is 0 Å². The summed E-state index contributed by atoms with van der Waals surface area (Å²) in [4.78, 5) is 5.61. The Kier molecular flexibility index (Phi) is 7.16. The summed E-state index contributed by atoms with van der Waals surface area (Å²) in [5, 5.41) is 20.3. The van der Waals surface area contributed by atoms with Gasteiger partial charge in [-0.05, 0) is 48.6 Å². The van der Waals surface area contributed by atoms with Gasteiger partial charge in [0.2, 0.25) is 0 Å². The molecule has 1 aromatic carbocycles. The molecule has 0 bridgehead atoms. The smallest absolute Gasteiger partial charge is 0.114 e. The summed E-state index contributed by atoms with van der Waals surface area (Å²) in [5.74, 6) is 1.15. The SMILES string of the molecule is Cc1cc(C)c(C#N)c(SC[C@@H](O)CSc2ccc(C(C)(C)C)cc2)n1. The summed E-state index contributed by atoms with van der Waals surface area (Å²) in [6.45, 7) is 10.4. The molecule has 138 valence electrons. The number of aryl methyl sites for hydroxylation is 2. The Labute approximate surface area is 165 Å². The van der Waals surface area contributed by atoms with Crippen molar-refractivity contribution in [3.8, 4) is 6.07 Å². The van der Waals surface area contributed by atoms with Gasteiger partial charge >= 0.3 is 0 Å². The van der Waals surface area contributed by atoms with Crippen molar-refractivity contribution < 1.29 is 5.11 Å². The molecule has 0 saturated heterocycles. The number of hydrogen-bond donors (Lipinski definition) is 1. The van der Waals surface area contributed by atoms with Gasteiger partial charge in [-0.15, -0.1) is 23.5 Å². The van der Waals surface area contributed by atoms with Crippen molar-refractivity contribution in [2.45, 2.75) is 56.1 Å². The molecule has 2 rings (SSSR count). The molecule has 26 heavy (non-hydrogen) atoms. The standard InChI is InChI=1S/C21H26N2OS2/c1-14-10-15(2)23-20(19(14)11-22)26-13-17(24)12-25-18-8-6-16(7-9-18)21(3,4)5/h6-10,17,24H,12-13H2,1-5H3/t17-/m0/s1. The lowest BCUT2D eigenvalue weighted by Crippen LogP contribution is -2.13. The molecule has 0 spiro atoms.